The lowest BCUT2D eigenvalue weighted by Crippen LogP contribution is -2.46. The first kappa shape index (κ1) is 27.8. The number of dihydropyridines is 1. The average Bonchev–Trinajstić information content (AvgIpc) is 2.87. The highest BCUT2D eigenvalue weighted by Crippen LogP contribution is 2.43. The second-order valence-corrected chi connectivity index (χ2v) is 9.09. The van der Waals surface area contributed by atoms with Crippen LogP contribution in [-0.2, 0) is 20.9 Å². The lowest BCUT2D eigenvalue weighted by Gasteiger charge is -2.31. The van der Waals surface area contributed by atoms with Crippen molar-refractivity contribution in [2.45, 2.75) is 51.7 Å². The van der Waals surface area contributed by atoms with Gasteiger partial charge in [0.1, 0.15) is 18.3 Å². The molecule has 0 bridgehead atoms. The number of hydrogen-bond acceptors (Lipinski definition) is 8. The highest BCUT2D eigenvalue weighted by Gasteiger charge is 2.46. The van der Waals surface area contributed by atoms with Crippen LogP contribution in [0.3, 0.4) is 0 Å². The first-order chi connectivity index (χ1) is 17.6. The third kappa shape index (κ3) is 5.96. The molecule has 9 nitrogen and oxygen atoms in total. The SMILES string of the molecule is CCCC(CS)(OC(=O)C1=C(C)NC(C)=C([N+](=O)[O-])C1c1ccccc1OCc1ccccc1)C(=O)O. The molecule has 3 rings (SSSR count). The van der Waals surface area contributed by atoms with E-state index in [0.717, 1.165) is 5.56 Å². The van der Waals surface area contributed by atoms with Gasteiger partial charge in [-0.2, -0.15) is 12.6 Å². The van der Waals surface area contributed by atoms with Gasteiger partial charge in [-0.05, 0) is 31.9 Å². The standard InChI is InChI=1S/C27H30N2O7S/c1-4-14-27(16-37,26(31)32)36-25(30)22-17(2)28-18(3)24(29(33)34)23(22)20-12-8-9-13-21(20)35-15-19-10-6-5-7-11-19/h5-13,23,28,37H,4,14-16H2,1-3H3,(H,31,32). The third-order valence-electron chi connectivity index (χ3n) is 6.20. The molecule has 2 atom stereocenters. The Hall–Kier alpha value is -3.79. The minimum absolute atomic E-state index is 0.0374. The molecule has 1 heterocycles. The number of nitrogens with zero attached hydrogens (tertiary/aromatic N) is 1. The number of para-hydroxylation sites is 1. The highest BCUT2D eigenvalue weighted by atomic mass is 32.1. The molecule has 1 aliphatic heterocycles. The fourth-order valence-corrected chi connectivity index (χ4v) is 4.76. The molecule has 0 aromatic heterocycles. The highest BCUT2D eigenvalue weighted by molar-refractivity contribution is 7.80. The number of carbonyl (C=O) groups is 2. The Balaban J connectivity index is 2.10. The predicted octanol–water partition coefficient (Wildman–Crippen LogP) is 4.83. The molecule has 0 saturated heterocycles. The van der Waals surface area contributed by atoms with Crippen molar-refractivity contribution < 1.29 is 29.1 Å². The molecule has 0 saturated carbocycles. The number of allylic oxidation sites excluding steroid dienone is 3. The summed E-state index contributed by atoms with van der Waals surface area (Å²) in [6, 6.07) is 16.2. The molecule has 196 valence electrons. The fraction of sp³-hybridized carbons (Fsp3) is 0.333. The number of nitro groups is 1. The van der Waals surface area contributed by atoms with Crippen molar-refractivity contribution in [2.24, 2.45) is 0 Å². The fourth-order valence-electron chi connectivity index (χ4n) is 4.40. The number of esters is 1. The topological polar surface area (TPSA) is 128 Å². The van der Waals surface area contributed by atoms with E-state index in [2.05, 4.69) is 17.9 Å². The van der Waals surface area contributed by atoms with Crippen LogP contribution in [0.1, 0.15) is 50.7 Å². The summed E-state index contributed by atoms with van der Waals surface area (Å²) in [5.74, 6) is -3.35. The summed E-state index contributed by atoms with van der Waals surface area (Å²) in [6.45, 7) is 5.12. The second kappa shape index (κ2) is 12.0. The van der Waals surface area contributed by atoms with E-state index < -0.39 is 28.4 Å². The van der Waals surface area contributed by atoms with E-state index in [1.54, 1.807) is 45.0 Å². The first-order valence-corrected chi connectivity index (χ1v) is 12.4. The maximum Gasteiger partial charge on any atom is 0.349 e. The second-order valence-electron chi connectivity index (χ2n) is 8.77. The molecule has 10 heteroatoms. The van der Waals surface area contributed by atoms with Gasteiger partial charge in [0.15, 0.2) is 0 Å². The first-order valence-electron chi connectivity index (χ1n) is 11.8. The Morgan fingerprint density at radius 2 is 1.76 bits per heavy atom. The van der Waals surface area contributed by atoms with E-state index in [1.807, 2.05) is 30.3 Å². The number of carboxylic acid groups (broad SMARTS) is 1. The Kier molecular flexibility index (Phi) is 8.99. The van der Waals surface area contributed by atoms with Crippen molar-refractivity contribution in [1.29, 1.82) is 0 Å². The molecule has 0 amide bonds. The van der Waals surface area contributed by atoms with Crippen molar-refractivity contribution in [2.75, 3.05) is 5.75 Å². The zero-order valence-electron chi connectivity index (χ0n) is 20.9. The van der Waals surface area contributed by atoms with Crippen molar-refractivity contribution in [3.05, 3.63) is 98.5 Å². The minimum Gasteiger partial charge on any atom is -0.489 e. The Morgan fingerprint density at radius 1 is 1.11 bits per heavy atom. The zero-order valence-corrected chi connectivity index (χ0v) is 21.8. The number of hydrogen-bond donors (Lipinski definition) is 3. The van der Waals surface area contributed by atoms with Crippen molar-refractivity contribution >= 4 is 24.6 Å². The maximum absolute atomic E-state index is 13.6. The molecule has 2 aromatic rings. The van der Waals surface area contributed by atoms with Crippen LogP contribution in [0, 0.1) is 10.1 Å². The van der Waals surface area contributed by atoms with Crippen molar-refractivity contribution in [3.63, 3.8) is 0 Å². The number of benzene rings is 2. The molecule has 1 aliphatic rings. The van der Waals surface area contributed by atoms with Crippen LogP contribution in [-0.4, -0.2) is 33.3 Å². The minimum atomic E-state index is -1.87. The molecule has 0 aliphatic carbocycles. The van der Waals surface area contributed by atoms with Gasteiger partial charge in [0.2, 0.25) is 5.60 Å². The summed E-state index contributed by atoms with van der Waals surface area (Å²) in [5.41, 5.74) is -0.317. The van der Waals surface area contributed by atoms with Crippen LogP contribution in [0.15, 0.2) is 77.3 Å². The zero-order chi connectivity index (χ0) is 27.2. The van der Waals surface area contributed by atoms with Crippen LogP contribution < -0.4 is 10.1 Å². The van der Waals surface area contributed by atoms with Gasteiger partial charge in [-0.1, -0.05) is 61.9 Å². The number of thiol groups is 1. The summed E-state index contributed by atoms with van der Waals surface area (Å²) in [5, 5.41) is 25.0. The van der Waals surface area contributed by atoms with Gasteiger partial charge in [-0.25, -0.2) is 9.59 Å². The van der Waals surface area contributed by atoms with E-state index in [1.165, 1.54) is 0 Å². The van der Waals surface area contributed by atoms with Crippen LogP contribution in [0.4, 0.5) is 0 Å². The molecular formula is C27H30N2O7S. The van der Waals surface area contributed by atoms with Crippen molar-refractivity contribution in [3.8, 4) is 5.75 Å². The number of carbonyl (C=O) groups excluding carboxylic acids is 1. The number of ether oxygens (including phenoxy) is 2. The molecule has 2 unspecified atom stereocenters. The maximum atomic E-state index is 13.6. The number of nitrogens with one attached hydrogen (secondary N) is 1. The number of aliphatic carboxylic acids is 1. The van der Waals surface area contributed by atoms with E-state index >= 15 is 0 Å². The van der Waals surface area contributed by atoms with Gasteiger partial charge >= 0.3 is 11.9 Å². The van der Waals surface area contributed by atoms with Crippen LogP contribution >= 0.6 is 12.6 Å². The summed E-state index contributed by atoms with van der Waals surface area (Å²) in [7, 11) is 0. The van der Waals surface area contributed by atoms with Gasteiger partial charge in [-0.3, -0.25) is 10.1 Å². The van der Waals surface area contributed by atoms with Gasteiger partial charge in [0.25, 0.3) is 5.70 Å². The molecule has 2 aromatic carbocycles. The van der Waals surface area contributed by atoms with Crippen molar-refractivity contribution in [1.82, 2.24) is 5.32 Å². The molecule has 37 heavy (non-hydrogen) atoms. The Morgan fingerprint density at radius 3 is 2.35 bits per heavy atom. The summed E-state index contributed by atoms with van der Waals surface area (Å²) in [4.78, 5) is 37.4. The Labute approximate surface area is 220 Å². The largest absolute Gasteiger partial charge is 0.489 e. The van der Waals surface area contributed by atoms with E-state index in [0.29, 0.717) is 23.4 Å². The van der Waals surface area contributed by atoms with Gasteiger partial charge in [0.05, 0.1) is 16.2 Å². The van der Waals surface area contributed by atoms with Crippen LogP contribution in [0.5, 0.6) is 5.75 Å². The lowest BCUT2D eigenvalue weighted by molar-refractivity contribution is -0.431. The quantitative estimate of drug-likeness (QED) is 0.164. The molecular weight excluding hydrogens is 496 g/mol. The van der Waals surface area contributed by atoms with Crippen LogP contribution in [0.25, 0.3) is 0 Å². The van der Waals surface area contributed by atoms with E-state index in [4.69, 9.17) is 9.47 Å². The Bertz CT molecular complexity index is 1240. The molecule has 0 radical (unpaired) electrons. The smallest absolute Gasteiger partial charge is 0.349 e. The van der Waals surface area contributed by atoms with E-state index in [9.17, 15) is 24.8 Å². The third-order valence-corrected chi connectivity index (χ3v) is 6.71. The average molecular weight is 527 g/mol. The van der Waals surface area contributed by atoms with Gasteiger partial charge in [0, 0.05) is 17.0 Å². The molecule has 0 spiro atoms. The predicted molar refractivity (Wildman–Crippen MR) is 141 cm³/mol. The van der Waals surface area contributed by atoms with Gasteiger partial charge in [-0.15, -0.1) is 0 Å². The van der Waals surface area contributed by atoms with Gasteiger partial charge < -0.3 is 19.9 Å². The van der Waals surface area contributed by atoms with E-state index in [-0.39, 0.29) is 35.7 Å². The lowest BCUT2D eigenvalue weighted by atomic mass is 9.83. The summed E-state index contributed by atoms with van der Waals surface area (Å²) < 4.78 is 11.6. The summed E-state index contributed by atoms with van der Waals surface area (Å²) in [6.07, 6.45) is 0.463. The molecule has 2 N–H and O–H groups in total. The van der Waals surface area contributed by atoms with Crippen LogP contribution in [0.2, 0.25) is 0 Å². The normalized spacial score (nSPS) is 17.0. The summed E-state index contributed by atoms with van der Waals surface area (Å²) >= 11 is 4.14. The monoisotopic (exact) mass is 526 g/mol. The number of carboxylic acids is 1. The number of rotatable bonds is 11. The molecule has 0 fully saturated rings.